The Labute approximate surface area is 193 Å². The lowest BCUT2D eigenvalue weighted by Gasteiger charge is -2.18. The van der Waals surface area contributed by atoms with Crippen molar-refractivity contribution in [1.82, 2.24) is 0 Å². The first-order chi connectivity index (χ1) is 15.0. The molecule has 0 spiro atoms. The van der Waals surface area contributed by atoms with Crippen molar-refractivity contribution in [1.29, 1.82) is 0 Å². The Bertz CT molecular complexity index is 949. The molecule has 2 unspecified atom stereocenters. The van der Waals surface area contributed by atoms with Gasteiger partial charge in [-0.3, -0.25) is 24.0 Å². The molecule has 0 amide bonds. The predicted molar refractivity (Wildman–Crippen MR) is 117 cm³/mol. The summed E-state index contributed by atoms with van der Waals surface area (Å²) >= 11 is 3.31. The van der Waals surface area contributed by atoms with E-state index in [-0.39, 0.29) is 35.7 Å². The van der Waals surface area contributed by atoms with E-state index < -0.39 is 29.6 Å². The van der Waals surface area contributed by atoms with Crippen molar-refractivity contribution in [2.24, 2.45) is 11.8 Å². The van der Waals surface area contributed by atoms with Gasteiger partial charge in [-0.2, -0.15) is 0 Å². The number of hydrogen-bond acceptors (Lipinski definition) is 9. The van der Waals surface area contributed by atoms with Crippen LogP contribution in [0.2, 0.25) is 0 Å². The fourth-order valence-corrected chi connectivity index (χ4v) is 3.54. The standard InChI is InChI=1S/C17H17BrO6.C5H8O3/c1-8(19)14(17(22)24-3)11-7-12(20)15(16(11)21)10-6-9(18)4-5-13(10)23-2;1-4(6)3-5(7)8-2/h4-6,11,14,21H,7H2,1-3H3;3H2,1-2H3. The molecule has 174 valence electrons. The SMILES string of the molecule is COC(=O)C(C(C)=O)C1CC(=O)C(c2cc(Br)ccc2OC)=C1O.COC(=O)CC(C)=O. The average molecular weight is 513 g/mol. The van der Waals surface area contributed by atoms with Crippen LogP contribution in [0.5, 0.6) is 5.75 Å². The second-order valence-electron chi connectivity index (χ2n) is 6.91. The van der Waals surface area contributed by atoms with E-state index in [1.54, 1.807) is 18.2 Å². The van der Waals surface area contributed by atoms with Gasteiger partial charge in [-0.05, 0) is 32.0 Å². The summed E-state index contributed by atoms with van der Waals surface area (Å²) in [5.74, 6) is -4.26. The fourth-order valence-electron chi connectivity index (χ4n) is 3.18. The minimum Gasteiger partial charge on any atom is -0.511 e. The summed E-state index contributed by atoms with van der Waals surface area (Å²) in [6, 6.07) is 5.04. The van der Waals surface area contributed by atoms with Crippen LogP contribution in [0, 0.1) is 11.8 Å². The van der Waals surface area contributed by atoms with Crippen molar-refractivity contribution >= 4 is 50.8 Å². The van der Waals surface area contributed by atoms with Gasteiger partial charge in [0.15, 0.2) is 5.78 Å². The molecule has 0 bridgehead atoms. The number of carbonyl (C=O) groups is 5. The highest BCUT2D eigenvalue weighted by Crippen LogP contribution is 2.42. The van der Waals surface area contributed by atoms with E-state index >= 15 is 0 Å². The van der Waals surface area contributed by atoms with Crippen LogP contribution >= 0.6 is 15.9 Å². The molecule has 0 saturated carbocycles. The highest BCUT2D eigenvalue weighted by molar-refractivity contribution is 9.10. The third-order valence-electron chi connectivity index (χ3n) is 4.64. The van der Waals surface area contributed by atoms with E-state index in [0.29, 0.717) is 15.8 Å². The number of methoxy groups -OCH3 is 3. The Kier molecular flexibility index (Phi) is 10.2. The second-order valence-corrected chi connectivity index (χ2v) is 7.82. The zero-order valence-corrected chi connectivity index (χ0v) is 20.0. The molecule has 0 aromatic heterocycles. The molecule has 2 atom stereocenters. The first kappa shape index (κ1) is 27.0. The first-order valence-electron chi connectivity index (χ1n) is 9.43. The molecule has 0 heterocycles. The van der Waals surface area contributed by atoms with Crippen molar-refractivity contribution in [2.45, 2.75) is 26.7 Å². The number of halogens is 1. The number of aliphatic hydroxyl groups is 1. The van der Waals surface area contributed by atoms with Gasteiger partial charge in [0.1, 0.15) is 35.4 Å². The minimum atomic E-state index is -1.21. The molecule has 10 heteroatoms. The number of hydrogen-bond donors (Lipinski definition) is 1. The van der Waals surface area contributed by atoms with Gasteiger partial charge in [0.25, 0.3) is 0 Å². The smallest absolute Gasteiger partial charge is 0.316 e. The van der Waals surface area contributed by atoms with Crippen molar-refractivity contribution in [3.8, 4) is 5.75 Å². The number of Topliss-reactive ketones (excluding diaryl/α,β-unsaturated/α-hetero) is 3. The van der Waals surface area contributed by atoms with Crippen LogP contribution in [-0.2, 0) is 33.4 Å². The molecule has 0 aliphatic heterocycles. The minimum absolute atomic E-state index is 0.0632. The molecule has 1 N–H and O–H groups in total. The molecular formula is C22H25BrO9. The Balaban J connectivity index is 0.000000547. The van der Waals surface area contributed by atoms with Crippen molar-refractivity contribution in [2.75, 3.05) is 21.3 Å². The zero-order chi connectivity index (χ0) is 24.6. The van der Waals surface area contributed by atoms with Gasteiger partial charge < -0.3 is 19.3 Å². The average Bonchev–Trinajstić information content (AvgIpc) is 3.01. The van der Waals surface area contributed by atoms with E-state index in [4.69, 9.17) is 4.74 Å². The predicted octanol–water partition coefficient (Wildman–Crippen LogP) is 2.83. The lowest BCUT2D eigenvalue weighted by molar-refractivity contribution is -0.151. The summed E-state index contributed by atoms with van der Waals surface area (Å²) in [6.07, 6.45) is -0.257. The zero-order valence-electron chi connectivity index (χ0n) is 18.4. The van der Waals surface area contributed by atoms with Gasteiger partial charge >= 0.3 is 11.9 Å². The highest BCUT2D eigenvalue weighted by Gasteiger charge is 2.44. The Morgan fingerprint density at radius 1 is 1.12 bits per heavy atom. The molecule has 32 heavy (non-hydrogen) atoms. The summed E-state index contributed by atoms with van der Waals surface area (Å²) < 4.78 is 14.8. The lowest BCUT2D eigenvalue weighted by atomic mass is 9.87. The number of allylic oxidation sites excluding steroid dienone is 2. The largest absolute Gasteiger partial charge is 0.511 e. The van der Waals surface area contributed by atoms with Crippen LogP contribution in [0.4, 0.5) is 0 Å². The normalized spacial score (nSPS) is 15.9. The van der Waals surface area contributed by atoms with Gasteiger partial charge in [0.05, 0.1) is 26.9 Å². The summed E-state index contributed by atoms with van der Waals surface area (Å²) in [7, 11) is 3.87. The van der Waals surface area contributed by atoms with Crippen LogP contribution in [0.25, 0.3) is 5.57 Å². The molecule has 1 aromatic carbocycles. The van der Waals surface area contributed by atoms with Crippen LogP contribution < -0.4 is 4.74 Å². The number of ether oxygens (including phenoxy) is 3. The molecule has 2 rings (SSSR count). The van der Waals surface area contributed by atoms with Crippen LogP contribution in [0.1, 0.15) is 32.3 Å². The number of esters is 2. The van der Waals surface area contributed by atoms with E-state index in [9.17, 15) is 29.1 Å². The summed E-state index contributed by atoms with van der Waals surface area (Å²) in [4.78, 5) is 56.5. The van der Waals surface area contributed by atoms with Gasteiger partial charge in [-0.1, -0.05) is 15.9 Å². The number of ketones is 3. The molecule has 0 saturated heterocycles. The molecular weight excluding hydrogens is 488 g/mol. The van der Waals surface area contributed by atoms with Crippen LogP contribution in [0.15, 0.2) is 28.4 Å². The molecule has 0 radical (unpaired) electrons. The lowest BCUT2D eigenvalue weighted by Crippen LogP contribution is -2.31. The summed E-state index contributed by atoms with van der Waals surface area (Å²) in [5.41, 5.74) is 0.470. The van der Waals surface area contributed by atoms with Gasteiger partial charge in [-0.15, -0.1) is 0 Å². The second kappa shape index (κ2) is 12.1. The summed E-state index contributed by atoms with van der Waals surface area (Å²) in [6.45, 7) is 2.58. The number of benzene rings is 1. The molecule has 9 nitrogen and oxygen atoms in total. The van der Waals surface area contributed by atoms with Gasteiger partial charge in [-0.25, -0.2) is 0 Å². The quantitative estimate of drug-likeness (QED) is 0.432. The first-order valence-corrected chi connectivity index (χ1v) is 10.2. The maximum Gasteiger partial charge on any atom is 0.316 e. The Hall–Kier alpha value is -3.01. The highest BCUT2D eigenvalue weighted by atomic mass is 79.9. The molecule has 0 fully saturated rings. The van der Waals surface area contributed by atoms with Gasteiger partial charge in [0, 0.05) is 22.4 Å². The fraction of sp³-hybridized carbons (Fsp3) is 0.409. The Morgan fingerprint density at radius 3 is 2.19 bits per heavy atom. The third kappa shape index (κ3) is 6.74. The monoisotopic (exact) mass is 512 g/mol. The Morgan fingerprint density at radius 2 is 1.75 bits per heavy atom. The van der Waals surface area contributed by atoms with Gasteiger partial charge in [0.2, 0.25) is 0 Å². The molecule has 1 aliphatic rings. The van der Waals surface area contributed by atoms with E-state index in [1.165, 1.54) is 28.1 Å². The van der Waals surface area contributed by atoms with Crippen LogP contribution in [0.3, 0.4) is 0 Å². The number of rotatable bonds is 7. The number of aliphatic hydroxyl groups excluding tert-OH is 1. The van der Waals surface area contributed by atoms with E-state index in [1.807, 2.05) is 0 Å². The van der Waals surface area contributed by atoms with E-state index in [0.717, 1.165) is 7.11 Å². The van der Waals surface area contributed by atoms with Crippen LogP contribution in [-0.4, -0.2) is 55.7 Å². The van der Waals surface area contributed by atoms with Crippen molar-refractivity contribution in [3.05, 3.63) is 34.0 Å². The van der Waals surface area contributed by atoms with E-state index in [2.05, 4.69) is 25.4 Å². The van der Waals surface area contributed by atoms with Crippen molar-refractivity contribution in [3.63, 3.8) is 0 Å². The topological polar surface area (TPSA) is 133 Å². The van der Waals surface area contributed by atoms with Crippen molar-refractivity contribution < 1.29 is 43.3 Å². The number of carbonyl (C=O) groups excluding carboxylic acids is 5. The molecule has 1 aliphatic carbocycles. The maximum atomic E-state index is 12.5. The molecule has 1 aromatic rings. The third-order valence-corrected chi connectivity index (χ3v) is 5.13. The summed E-state index contributed by atoms with van der Waals surface area (Å²) in [5, 5.41) is 10.6. The maximum absolute atomic E-state index is 12.5.